The summed E-state index contributed by atoms with van der Waals surface area (Å²) in [6, 6.07) is 14.6. The molecule has 2 aromatic carbocycles. The van der Waals surface area contributed by atoms with E-state index in [9.17, 15) is 4.79 Å². The maximum Gasteiger partial charge on any atom is 0.237 e. The number of likely N-dealkylation sites (N-methyl/N-ethyl adjacent to an activating group) is 1. The number of hydrogen-bond donors (Lipinski definition) is 3. The first-order valence-corrected chi connectivity index (χ1v) is 8.72. The number of hydrogen-bond acceptors (Lipinski definition) is 2. The molecule has 0 saturated carbocycles. The van der Waals surface area contributed by atoms with Gasteiger partial charge in [0.05, 0.1) is 12.1 Å². The normalized spacial score (nSPS) is 19.6. The first-order chi connectivity index (χ1) is 12.1. The van der Waals surface area contributed by atoms with E-state index >= 15 is 0 Å². The Morgan fingerprint density at radius 3 is 2.72 bits per heavy atom. The second-order valence-electron chi connectivity index (χ2n) is 6.89. The Morgan fingerprint density at radius 1 is 1.16 bits per heavy atom. The SMILES string of the molecule is CNC(=O)[C@@H]1Cc2c([nH]c3ccccc23)[C@@H](c2ccc(C)cc2C)N1. The van der Waals surface area contributed by atoms with Gasteiger partial charge in [0.2, 0.25) is 5.91 Å². The largest absolute Gasteiger partial charge is 0.358 e. The van der Waals surface area contributed by atoms with Crippen LogP contribution < -0.4 is 10.6 Å². The summed E-state index contributed by atoms with van der Waals surface area (Å²) < 4.78 is 0. The van der Waals surface area contributed by atoms with E-state index < -0.39 is 0 Å². The van der Waals surface area contributed by atoms with Gasteiger partial charge in [0, 0.05) is 23.6 Å². The van der Waals surface area contributed by atoms with Crippen LogP contribution in [0, 0.1) is 13.8 Å². The zero-order valence-electron chi connectivity index (χ0n) is 14.8. The lowest BCUT2D eigenvalue weighted by Gasteiger charge is -2.31. The van der Waals surface area contributed by atoms with Crippen molar-refractivity contribution in [1.29, 1.82) is 0 Å². The molecular formula is C21H23N3O. The predicted molar refractivity (Wildman–Crippen MR) is 101 cm³/mol. The molecule has 4 rings (SSSR count). The summed E-state index contributed by atoms with van der Waals surface area (Å²) in [5.74, 6) is 0.0331. The number of carbonyl (C=O) groups is 1. The summed E-state index contributed by atoms with van der Waals surface area (Å²) in [6.45, 7) is 4.24. The lowest BCUT2D eigenvalue weighted by Crippen LogP contribution is -2.49. The standard InChI is InChI=1S/C21H23N3O/c1-12-8-9-14(13(2)10-12)19-20-16(11-18(24-19)21(25)22-3)15-6-4-5-7-17(15)23-20/h4-10,18-19,23-24H,11H2,1-3H3,(H,22,25)/t18-,19+/m0/s1. The van der Waals surface area contributed by atoms with Crippen LogP contribution in [-0.2, 0) is 11.2 Å². The number of aromatic nitrogens is 1. The van der Waals surface area contributed by atoms with Crippen LogP contribution in [0.25, 0.3) is 10.9 Å². The molecule has 0 spiro atoms. The summed E-state index contributed by atoms with van der Waals surface area (Å²) >= 11 is 0. The van der Waals surface area contributed by atoms with E-state index in [1.165, 1.54) is 33.3 Å². The highest BCUT2D eigenvalue weighted by atomic mass is 16.2. The van der Waals surface area contributed by atoms with Crippen LogP contribution >= 0.6 is 0 Å². The van der Waals surface area contributed by atoms with E-state index in [1.807, 2.05) is 6.07 Å². The average Bonchev–Trinajstić information content (AvgIpc) is 2.99. The molecule has 0 fully saturated rings. The van der Waals surface area contributed by atoms with Crippen molar-refractivity contribution < 1.29 is 4.79 Å². The van der Waals surface area contributed by atoms with Gasteiger partial charge in [-0.2, -0.15) is 0 Å². The lowest BCUT2D eigenvalue weighted by atomic mass is 9.88. The molecule has 1 aliphatic rings. The molecule has 3 N–H and O–H groups in total. The summed E-state index contributed by atoms with van der Waals surface area (Å²) in [5, 5.41) is 7.56. The zero-order valence-corrected chi connectivity index (χ0v) is 14.8. The summed E-state index contributed by atoms with van der Waals surface area (Å²) in [5.41, 5.74) is 7.24. The van der Waals surface area contributed by atoms with Gasteiger partial charge in [-0.05, 0) is 43.0 Å². The Balaban J connectivity index is 1.90. The minimum atomic E-state index is -0.234. The summed E-state index contributed by atoms with van der Waals surface area (Å²) in [7, 11) is 1.70. The van der Waals surface area contributed by atoms with Crippen molar-refractivity contribution in [1.82, 2.24) is 15.6 Å². The topological polar surface area (TPSA) is 56.9 Å². The quantitative estimate of drug-likeness (QED) is 0.675. The van der Waals surface area contributed by atoms with Gasteiger partial charge < -0.3 is 10.3 Å². The van der Waals surface area contributed by atoms with Crippen LogP contribution in [0.1, 0.15) is 34.0 Å². The van der Waals surface area contributed by atoms with Gasteiger partial charge in [-0.1, -0.05) is 42.0 Å². The van der Waals surface area contributed by atoms with Crippen LogP contribution in [0.2, 0.25) is 0 Å². The fourth-order valence-electron chi connectivity index (χ4n) is 3.97. The van der Waals surface area contributed by atoms with Gasteiger partial charge in [0.15, 0.2) is 0 Å². The fraction of sp³-hybridized carbons (Fsp3) is 0.286. The number of aromatic amines is 1. The lowest BCUT2D eigenvalue weighted by molar-refractivity contribution is -0.122. The molecule has 128 valence electrons. The molecule has 4 nitrogen and oxygen atoms in total. The molecule has 25 heavy (non-hydrogen) atoms. The molecule has 0 unspecified atom stereocenters. The second-order valence-corrected chi connectivity index (χ2v) is 6.89. The molecule has 0 saturated heterocycles. The third-order valence-electron chi connectivity index (χ3n) is 5.21. The van der Waals surface area contributed by atoms with Crippen LogP contribution in [0.3, 0.4) is 0 Å². The number of amides is 1. The van der Waals surface area contributed by atoms with Gasteiger partial charge in [0.25, 0.3) is 0 Å². The van der Waals surface area contributed by atoms with E-state index in [4.69, 9.17) is 0 Å². The molecule has 3 aromatic rings. The second kappa shape index (κ2) is 6.05. The van der Waals surface area contributed by atoms with Gasteiger partial charge in [0.1, 0.15) is 0 Å². The zero-order chi connectivity index (χ0) is 17.6. The summed E-state index contributed by atoms with van der Waals surface area (Å²) in [4.78, 5) is 16.0. The van der Waals surface area contributed by atoms with E-state index in [-0.39, 0.29) is 18.0 Å². The molecule has 2 heterocycles. The van der Waals surface area contributed by atoms with Crippen molar-refractivity contribution in [3.05, 3.63) is 70.4 Å². The van der Waals surface area contributed by atoms with Crippen molar-refractivity contribution in [3.8, 4) is 0 Å². The predicted octanol–water partition coefficient (Wildman–Crippen LogP) is 3.13. The maximum atomic E-state index is 12.4. The Morgan fingerprint density at radius 2 is 1.96 bits per heavy atom. The first-order valence-electron chi connectivity index (χ1n) is 8.72. The number of rotatable bonds is 2. The van der Waals surface area contributed by atoms with E-state index in [2.05, 4.69) is 65.9 Å². The fourth-order valence-corrected chi connectivity index (χ4v) is 3.97. The van der Waals surface area contributed by atoms with Crippen molar-refractivity contribution in [3.63, 3.8) is 0 Å². The Labute approximate surface area is 147 Å². The number of fused-ring (bicyclic) bond motifs is 3. The Bertz CT molecular complexity index is 957. The average molecular weight is 333 g/mol. The number of aryl methyl sites for hydroxylation is 2. The van der Waals surface area contributed by atoms with Crippen molar-refractivity contribution >= 4 is 16.8 Å². The van der Waals surface area contributed by atoms with Crippen LogP contribution in [0.5, 0.6) is 0 Å². The van der Waals surface area contributed by atoms with Crippen molar-refractivity contribution in [2.24, 2.45) is 0 Å². The Hall–Kier alpha value is -2.59. The maximum absolute atomic E-state index is 12.4. The smallest absolute Gasteiger partial charge is 0.237 e. The van der Waals surface area contributed by atoms with E-state index in [0.717, 1.165) is 5.52 Å². The molecule has 0 bridgehead atoms. The highest BCUT2D eigenvalue weighted by Crippen LogP contribution is 2.36. The molecule has 1 aromatic heterocycles. The third kappa shape index (κ3) is 2.63. The number of para-hydroxylation sites is 1. The van der Waals surface area contributed by atoms with Crippen LogP contribution in [-0.4, -0.2) is 24.0 Å². The summed E-state index contributed by atoms with van der Waals surface area (Å²) in [6.07, 6.45) is 0.695. The van der Waals surface area contributed by atoms with Crippen molar-refractivity contribution in [2.75, 3.05) is 7.05 Å². The van der Waals surface area contributed by atoms with Gasteiger partial charge in [-0.3, -0.25) is 10.1 Å². The van der Waals surface area contributed by atoms with Crippen LogP contribution in [0.15, 0.2) is 42.5 Å². The third-order valence-corrected chi connectivity index (χ3v) is 5.21. The highest BCUT2D eigenvalue weighted by molar-refractivity contribution is 5.88. The highest BCUT2D eigenvalue weighted by Gasteiger charge is 2.34. The number of carbonyl (C=O) groups excluding carboxylic acids is 1. The van der Waals surface area contributed by atoms with Gasteiger partial charge >= 0.3 is 0 Å². The molecule has 0 aliphatic carbocycles. The minimum absolute atomic E-state index is 0.0148. The minimum Gasteiger partial charge on any atom is -0.358 e. The molecular weight excluding hydrogens is 310 g/mol. The molecule has 1 amide bonds. The Kier molecular flexibility index (Phi) is 3.85. The molecule has 0 radical (unpaired) electrons. The number of benzene rings is 2. The molecule has 4 heteroatoms. The first kappa shape index (κ1) is 15.9. The van der Waals surface area contributed by atoms with Crippen LogP contribution in [0.4, 0.5) is 0 Å². The molecule has 1 aliphatic heterocycles. The van der Waals surface area contributed by atoms with E-state index in [0.29, 0.717) is 6.42 Å². The number of H-pyrrole nitrogens is 1. The van der Waals surface area contributed by atoms with Gasteiger partial charge in [-0.15, -0.1) is 0 Å². The monoisotopic (exact) mass is 333 g/mol. The molecule has 2 atom stereocenters. The number of nitrogens with one attached hydrogen (secondary N) is 3. The van der Waals surface area contributed by atoms with Crippen molar-refractivity contribution in [2.45, 2.75) is 32.4 Å². The van der Waals surface area contributed by atoms with E-state index in [1.54, 1.807) is 7.05 Å². The van der Waals surface area contributed by atoms with Gasteiger partial charge in [-0.25, -0.2) is 0 Å².